The molecule has 2 fully saturated rings. The summed E-state index contributed by atoms with van der Waals surface area (Å²) < 4.78 is 10.3. The van der Waals surface area contributed by atoms with E-state index in [-0.39, 0.29) is 28.8 Å². The van der Waals surface area contributed by atoms with Gasteiger partial charge in [-0.05, 0) is 20.8 Å². The zero-order valence-corrected chi connectivity index (χ0v) is 20.4. The van der Waals surface area contributed by atoms with Gasteiger partial charge in [0, 0.05) is 17.7 Å². The van der Waals surface area contributed by atoms with E-state index in [4.69, 9.17) is 15.2 Å². The quantitative estimate of drug-likeness (QED) is 0.116. The van der Waals surface area contributed by atoms with Crippen LogP contribution in [-0.4, -0.2) is 80.5 Å². The molecular weight excluding hydrogens is 486 g/mol. The fraction of sp³-hybridized carbons (Fsp3) is 0.500. The maximum atomic E-state index is 12.8. The first-order chi connectivity index (χ1) is 15.9. The summed E-state index contributed by atoms with van der Waals surface area (Å²) in [4.78, 5) is 55.3. The Kier molecular flexibility index (Phi) is 7.21. The van der Waals surface area contributed by atoms with Crippen molar-refractivity contribution in [1.29, 1.82) is 0 Å². The zero-order chi connectivity index (χ0) is 25.3. The number of hydrogen-bond acceptors (Lipinski definition) is 12. The summed E-state index contributed by atoms with van der Waals surface area (Å²) in [6.45, 7) is 8.23. The van der Waals surface area contributed by atoms with Crippen molar-refractivity contribution >= 4 is 57.7 Å². The minimum Gasteiger partial charge on any atom is -0.457 e. The molecule has 2 unspecified atom stereocenters. The Balaban J connectivity index is 1.61. The Morgan fingerprint density at radius 3 is 2.74 bits per heavy atom. The van der Waals surface area contributed by atoms with Crippen molar-refractivity contribution in [3.05, 3.63) is 23.7 Å². The molecule has 0 aromatic carbocycles. The van der Waals surface area contributed by atoms with Crippen molar-refractivity contribution in [2.24, 2.45) is 10.6 Å². The molecule has 0 saturated carbocycles. The second-order valence-corrected chi connectivity index (χ2v) is 10.7. The number of carbonyl (C=O) groups excluding carboxylic acids is 4. The van der Waals surface area contributed by atoms with Gasteiger partial charge in [0.25, 0.3) is 5.91 Å². The number of fused-ring (bicyclic) bond motifs is 1. The van der Waals surface area contributed by atoms with Crippen molar-refractivity contribution in [2.75, 3.05) is 24.6 Å². The fourth-order valence-corrected chi connectivity index (χ4v) is 5.46. The van der Waals surface area contributed by atoms with Crippen LogP contribution in [0.1, 0.15) is 26.5 Å². The highest BCUT2D eigenvalue weighted by atomic mass is 32.2. The summed E-state index contributed by atoms with van der Waals surface area (Å²) in [5.74, 6) is -2.38. The first kappa shape index (κ1) is 25.5. The van der Waals surface area contributed by atoms with Gasteiger partial charge in [0.2, 0.25) is 5.91 Å². The number of nitrogens with zero attached hydrogens (tertiary/aromatic N) is 3. The van der Waals surface area contributed by atoms with Crippen LogP contribution in [0.25, 0.3) is 0 Å². The van der Waals surface area contributed by atoms with Crippen LogP contribution in [0.4, 0.5) is 5.13 Å². The molecule has 2 aliphatic rings. The highest BCUT2D eigenvalue weighted by molar-refractivity contribution is 8.00. The first-order valence-electron chi connectivity index (χ1n) is 10.1. The third-order valence-electron chi connectivity index (χ3n) is 5.01. The van der Waals surface area contributed by atoms with E-state index in [0.29, 0.717) is 0 Å². The summed E-state index contributed by atoms with van der Waals surface area (Å²) >= 11 is 2.33. The maximum absolute atomic E-state index is 12.8. The van der Waals surface area contributed by atoms with Crippen LogP contribution in [0.15, 0.2) is 23.2 Å². The highest BCUT2D eigenvalue weighted by Gasteiger charge is 2.57. The van der Waals surface area contributed by atoms with Gasteiger partial charge < -0.3 is 30.6 Å². The maximum Gasteiger partial charge on any atom is 0.344 e. The largest absolute Gasteiger partial charge is 0.457 e. The van der Waals surface area contributed by atoms with E-state index < -0.39 is 52.8 Å². The molecule has 14 heteroatoms. The minimum atomic E-state index is -1.22. The number of anilines is 1. The molecule has 3 atom stereocenters. The van der Waals surface area contributed by atoms with Gasteiger partial charge >= 0.3 is 11.9 Å². The predicted molar refractivity (Wildman–Crippen MR) is 124 cm³/mol. The molecule has 0 aliphatic carbocycles. The SMILES string of the molecule is C=CC1(C(=O)OCC(=O)OC(C)(C)C)CS[C@@H]2C(NC(=O)C(=NO)c3csc(N)n3)C(=O)N2C1. The Bertz CT molecular complexity index is 1050. The first-order valence-corrected chi connectivity index (χ1v) is 12.0. The molecule has 2 aliphatic heterocycles. The summed E-state index contributed by atoms with van der Waals surface area (Å²) in [5, 5.41) is 16.0. The van der Waals surface area contributed by atoms with Gasteiger partial charge in [0.15, 0.2) is 17.5 Å². The topological polar surface area (TPSA) is 174 Å². The van der Waals surface area contributed by atoms with Gasteiger partial charge in [-0.1, -0.05) is 11.2 Å². The van der Waals surface area contributed by atoms with E-state index in [2.05, 4.69) is 22.0 Å². The van der Waals surface area contributed by atoms with Crippen molar-refractivity contribution in [1.82, 2.24) is 15.2 Å². The summed E-state index contributed by atoms with van der Waals surface area (Å²) in [7, 11) is 0. The molecular formula is C20H25N5O7S2. The average Bonchev–Trinajstić information content (AvgIpc) is 3.20. The molecule has 1 aromatic heterocycles. The zero-order valence-electron chi connectivity index (χ0n) is 18.8. The molecule has 2 amide bonds. The molecule has 12 nitrogen and oxygen atoms in total. The molecule has 3 rings (SSSR count). The molecule has 1 aromatic rings. The number of hydrogen-bond donors (Lipinski definition) is 3. The standard InChI is InChI=1S/C20H25N5O7S2/c1-5-20(17(29)31-6-11(26)32-19(2,3)4)8-25-15(28)13(16(25)34-9-20)23-14(27)12(24-30)10-7-33-18(21)22-10/h5,7,13,16,30H,1,6,8-9H2,2-4H3,(H2,21,22)(H,23,27)/t13?,16-,20?/m1/s1. The number of nitrogens with two attached hydrogens (primary N) is 1. The third kappa shape index (κ3) is 5.17. The van der Waals surface area contributed by atoms with Crippen LogP contribution in [0.5, 0.6) is 0 Å². The molecule has 184 valence electrons. The Morgan fingerprint density at radius 2 is 2.18 bits per heavy atom. The van der Waals surface area contributed by atoms with Gasteiger partial charge in [-0.25, -0.2) is 9.78 Å². The minimum absolute atomic E-state index is 0.0178. The number of nitrogens with one attached hydrogen (secondary N) is 1. The summed E-state index contributed by atoms with van der Waals surface area (Å²) in [6, 6.07) is -0.883. The number of esters is 2. The van der Waals surface area contributed by atoms with Crippen LogP contribution in [0.3, 0.4) is 0 Å². The molecule has 0 bridgehead atoms. The smallest absolute Gasteiger partial charge is 0.344 e. The lowest BCUT2D eigenvalue weighted by Gasteiger charge is -2.53. The molecule has 3 heterocycles. The molecule has 34 heavy (non-hydrogen) atoms. The number of thiazole rings is 1. The summed E-state index contributed by atoms with van der Waals surface area (Å²) in [5.41, 5.74) is 3.33. The molecule has 2 saturated heterocycles. The Hall–Kier alpha value is -3.13. The number of aromatic nitrogens is 1. The normalized spacial score (nSPS) is 24.5. The number of rotatable bonds is 7. The van der Waals surface area contributed by atoms with Gasteiger partial charge in [-0.3, -0.25) is 14.4 Å². The second-order valence-electron chi connectivity index (χ2n) is 8.66. The Morgan fingerprint density at radius 1 is 1.47 bits per heavy atom. The third-order valence-corrected chi connectivity index (χ3v) is 7.23. The predicted octanol–water partition coefficient (Wildman–Crippen LogP) is 0.361. The van der Waals surface area contributed by atoms with Crippen LogP contribution in [0.2, 0.25) is 0 Å². The second kappa shape index (κ2) is 9.62. The number of ether oxygens (including phenoxy) is 2. The van der Waals surface area contributed by atoms with Crippen LogP contribution in [0, 0.1) is 5.41 Å². The highest BCUT2D eigenvalue weighted by Crippen LogP contribution is 2.43. The van der Waals surface area contributed by atoms with E-state index in [0.717, 1.165) is 11.3 Å². The van der Waals surface area contributed by atoms with Gasteiger partial charge in [0.1, 0.15) is 28.1 Å². The van der Waals surface area contributed by atoms with E-state index in [9.17, 15) is 24.4 Å². The average molecular weight is 512 g/mol. The monoisotopic (exact) mass is 511 g/mol. The van der Waals surface area contributed by atoms with E-state index in [1.54, 1.807) is 20.8 Å². The number of oxime groups is 1. The van der Waals surface area contributed by atoms with Crippen LogP contribution in [-0.2, 0) is 28.7 Å². The van der Waals surface area contributed by atoms with Crippen molar-refractivity contribution in [2.45, 2.75) is 37.8 Å². The number of amides is 2. The lowest BCUT2D eigenvalue weighted by Crippen LogP contribution is -2.73. The molecule has 0 spiro atoms. The number of carbonyl (C=O) groups is 4. The molecule has 0 radical (unpaired) electrons. The van der Waals surface area contributed by atoms with E-state index >= 15 is 0 Å². The number of thioether (sulfide) groups is 1. The van der Waals surface area contributed by atoms with Gasteiger partial charge in [0.05, 0.1) is 0 Å². The lowest BCUT2D eigenvalue weighted by molar-refractivity contribution is -0.171. The van der Waals surface area contributed by atoms with Gasteiger partial charge in [-0.15, -0.1) is 29.7 Å². The van der Waals surface area contributed by atoms with Crippen molar-refractivity contribution in [3.8, 4) is 0 Å². The summed E-state index contributed by atoms with van der Waals surface area (Å²) in [6.07, 6.45) is 1.40. The molecule has 4 N–H and O–H groups in total. The van der Waals surface area contributed by atoms with Crippen molar-refractivity contribution < 1.29 is 33.9 Å². The number of nitrogen functional groups attached to an aromatic ring is 1. The van der Waals surface area contributed by atoms with E-state index in [1.807, 2.05) is 0 Å². The van der Waals surface area contributed by atoms with Gasteiger partial charge in [-0.2, -0.15) is 0 Å². The number of β-lactam (4-membered cyclic amide) rings is 1. The Labute approximate surface area is 203 Å². The van der Waals surface area contributed by atoms with Crippen LogP contribution >= 0.6 is 23.1 Å². The van der Waals surface area contributed by atoms with E-state index in [1.165, 1.54) is 28.1 Å². The fourth-order valence-electron chi connectivity index (χ4n) is 3.38. The van der Waals surface area contributed by atoms with Crippen molar-refractivity contribution in [3.63, 3.8) is 0 Å². The van der Waals surface area contributed by atoms with Crippen LogP contribution < -0.4 is 11.1 Å². The lowest BCUT2D eigenvalue weighted by atomic mass is 9.87.